The molecule has 4 rings (SSSR count). The van der Waals surface area contributed by atoms with Gasteiger partial charge in [-0.2, -0.15) is 8.42 Å². The Morgan fingerprint density at radius 3 is 2.53 bits per heavy atom. The van der Waals surface area contributed by atoms with Crippen LogP contribution < -0.4 is 5.73 Å². The predicted octanol–water partition coefficient (Wildman–Crippen LogP) is 0.508. The molecule has 4 atom stereocenters. The van der Waals surface area contributed by atoms with Crippen molar-refractivity contribution in [2.45, 2.75) is 56.0 Å². The van der Waals surface area contributed by atoms with Gasteiger partial charge in [-0.05, 0) is 32.9 Å². The Kier molecular flexibility index (Phi) is 5.14. The molecule has 0 aliphatic carbocycles. The molecule has 0 spiro atoms. The van der Waals surface area contributed by atoms with Crippen molar-refractivity contribution < 1.29 is 31.6 Å². The molecule has 0 saturated carbocycles. The molecule has 2 N–H and O–H groups in total. The number of nitrogens with zero attached hydrogens (tertiary/aromatic N) is 3. The number of nitrogens with two attached hydrogens (primary N) is 1. The molecule has 1 aromatic heterocycles. The van der Waals surface area contributed by atoms with Crippen LogP contribution in [-0.2, 0) is 28.5 Å². The molecule has 2 aliphatic heterocycles. The van der Waals surface area contributed by atoms with Gasteiger partial charge in [-0.15, -0.1) is 5.10 Å². The normalized spacial score (nSPS) is 27.8. The highest BCUT2D eigenvalue weighted by atomic mass is 32.2. The number of aromatic nitrogens is 3. The minimum Gasteiger partial charge on any atom is -0.363 e. The third-order valence-electron chi connectivity index (χ3n) is 4.81. The molecule has 2 aliphatic rings. The topological polar surface area (TPSA) is 145 Å². The quantitative estimate of drug-likeness (QED) is 0.638. The van der Waals surface area contributed by atoms with Crippen molar-refractivity contribution in [2.75, 3.05) is 6.61 Å². The Balaban J connectivity index is 1.53. The van der Waals surface area contributed by atoms with Gasteiger partial charge in [-0.25, -0.2) is 9.67 Å². The van der Waals surface area contributed by atoms with Gasteiger partial charge in [-0.1, -0.05) is 17.7 Å². The van der Waals surface area contributed by atoms with E-state index in [1.807, 2.05) is 6.92 Å². The van der Waals surface area contributed by atoms with Crippen molar-refractivity contribution >= 4 is 16.0 Å². The number of hydrogen-bond acceptors (Lipinski definition) is 9. The second-order valence-corrected chi connectivity index (χ2v) is 9.21. The minimum absolute atomic E-state index is 0.0468. The largest absolute Gasteiger partial charge is 0.363 e. The summed E-state index contributed by atoms with van der Waals surface area (Å²) >= 11 is 0. The molecule has 12 heteroatoms. The number of hydrogen-bond donors (Lipinski definition) is 1. The summed E-state index contributed by atoms with van der Waals surface area (Å²) in [5, 5.41) is 4.01. The smallest absolute Gasteiger partial charge is 0.297 e. The second-order valence-electron chi connectivity index (χ2n) is 7.59. The van der Waals surface area contributed by atoms with Crippen molar-refractivity contribution in [1.29, 1.82) is 0 Å². The van der Waals surface area contributed by atoms with Crippen molar-refractivity contribution in [3.05, 3.63) is 42.0 Å². The number of carbonyl (C=O) groups is 1. The number of aryl methyl sites for hydroxylation is 1. The average Bonchev–Trinajstić information content (AvgIpc) is 3.34. The number of amides is 1. The molecule has 2 fully saturated rings. The third kappa shape index (κ3) is 3.96. The summed E-state index contributed by atoms with van der Waals surface area (Å²) in [5.74, 6) is -1.87. The number of benzene rings is 1. The molecular weight excluding hydrogens is 416 g/mol. The van der Waals surface area contributed by atoms with Crippen molar-refractivity contribution in [2.24, 2.45) is 5.73 Å². The lowest BCUT2D eigenvalue weighted by atomic mass is 10.1. The Morgan fingerprint density at radius 2 is 1.90 bits per heavy atom. The van der Waals surface area contributed by atoms with Crippen LogP contribution in [-0.4, -0.2) is 59.8 Å². The number of fused-ring (bicyclic) bond motifs is 1. The molecule has 0 unspecified atom stereocenters. The molecule has 2 saturated heterocycles. The summed E-state index contributed by atoms with van der Waals surface area (Å²) in [6.07, 6.45) is -1.49. The first-order chi connectivity index (χ1) is 14.1. The zero-order valence-electron chi connectivity index (χ0n) is 16.6. The SMILES string of the molecule is Cc1ccc(S(=O)(=O)OC[C@H]2O[C@@H](n3cnc(C(N)=O)n3)[C@@H]3OC(C)(C)O[C@@H]32)cc1. The van der Waals surface area contributed by atoms with Gasteiger partial charge >= 0.3 is 0 Å². The lowest BCUT2D eigenvalue weighted by Crippen LogP contribution is -2.33. The number of ether oxygens (including phenoxy) is 3. The first kappa shape index (κ1) is 20.9. The summed E-state index contributed by atoms with van der Waals surface area (Å²) < 4.78 is 49.3. The van der Waals surface area contributed by atoms with E-state index in [0.29, 0.717) is 0 Å². The first-order valence-electron chi connectivity index (χ1n) is 9.24. The number of carbonyl (C=O) groups excluding carboxylic acids is 1. The van der Waals surface area contributed by atoms with Crippen LogP contribution in [0.5, 0.6) is 0 Å². The Morgan fingerprint density at radius 1 is 1.23 bits per heavy atom. The monoisotopic (exact) mass is 438 g/mol. The lowest BCUT2D eigenvalue weighted by Gasteiger charge is -2.24. The molecule has 11 nitrogen and oxygen atoms in total. The Bertz CT molecular complexity index is 1050. The van der Waals surface area contributed by atoms with Crippen LogP contribution in [0.2, 0.25) is 0 Å². The van der Waals surface area contributed by atoms with E-state index >= 15 is 0 Å². The summed E-state index contributed by atoms with van der Waals surface area (Å²) in [6, 6.07) is 6.33. The van der Waals surface area contributed by atoms with E-state index in [-0.39, 0.29) is 17.3 Å². The van der Waals surface area contributed by atoms with Gasteiger partial charge in [0.25, 0.3) is 16.0 Å². The fourth-order valence-electron chi connectivity index (χ4n) is 3.45. The molecule has 0 radical (unpaired) electrons. The highest BCUT2D eigenvalue weighted by molar-refractivity contribution is 7.86. The average molecular weight is 438 g/mol. The summed E-state index contributed by atoms with van der Waals surface area (Å²) in [6.45, 7) is 5.04. The Labute approximate surface area is 173 Å². The van der Waals surface area contributed by atoms with Gasteiger partial charge in [0.15, 0.2) is 12.0 Å². The Hall–Kier alpha value is -2.38. The molecule has 0 bridgehead atoms. The van der Waals surface area contributed by atoms with E-state index < -0.39 is 46.4 Å². The summed E-state index contributed by atoms with van der Waals surface area (Å²) in [4.78, 5) is 15.2. The van der Waals surface area contributed by atoms with E-state index in [1.54, 1.807) is 26.0 Å². The molecule has 1 amide bonds. The highest BCUT2D eigenvalue weighted by Gasteiger charge is 2.56. The second kappa shape index (κ2) is 7.39. The van der Waals surface area contributed by atoms with E-state index in [1.165, 1.54) is 23.1 Å². The predicted molar refractivity (Wildman–Crippen MR) is 101 cm³/mol. The van der Waals surface area contributed by atoms with Crippen LogP contribution in [0.15, 0.2) is 35.5 Å². The van der Waals surface area contributed by atoms with E-state index in [4.69, 9.17) is 24.1 Å². The van der Waals surface area contributed by atoms with Crippen LogP contribution in [0, 0.1) is 6.92 Å². The zero-order valence-corrected chi connectivity index (χ0v) is 17.4. The molecule has 2 aromatic rings. The first-order valence-corrected chi connectivity index (χ1v) is 10.6. The number of primary amides is 1. The molecule has 3 heterocycles. The third-order valence-corrected chi connectivity index (χ3v) is 6.11. The van der Waals surface area contributed by atoms with E-state index in [9.17, 15) is 13.2 Å². The fourth-order valence-corrected chi connectivity index (χ4v) is 4.36. The van der Waals surface area contributed by atoms with Gasteiger partial charge in [0, 0.05) is 0 Å². The van der Waals surface area contributed by atoms with E-state index in [2.05, 4.69) is 10.1 Å². The van der Waals surface area contributed by atoms with Crippen molar-refractivity contribution in [3.63, 3.8) is 0 Å². The molecule has 30 heavy (non-hydrogen) atoms. The van der Waals surface area contributed by atoms with Gasteiger partial charge in [0.1, 0.15) is 24.6 Å². The molecule has 1 aromatic carbocycles. The zero-order chi connectivity index (χ0) is 21.7. The maximum absolute atomic E-state index is 12.5. The van der Waals surface area contributed by atoms with Gasteiger partial charge in [0.2, 0.25) is 5.82 Å². The summed E-state index contributed by atoms with van der Waals surface area (Å²) in [7, 11) is -3.98. The lowest BCUT2D eigenvalue weighted by molar-refractivity contribution is -0.200. The standard InChI is InChI=1S/C18H22N4O7S/c1-10-4-6-11(7-5-10)30(24,25)26-8-12-13-14(29-18(2,3)28-13)17(27-12)22-9-20-16(21-22)15(19)23/h4-7,9,12-14,17H,8H2,1-3H3,(H2,19,23)/t12-,13-,14-,17-/m1/s1. The maximum Gasteiger partial charge on any atom is 0.297 e. The van der Waals surface area contributed by atoms with Crippen LogP contribution in [0.3, 0.4) is 0 Å². The number of rotatable bonds is 6. The van der Waals surface area contributed by atoms with Crippen molar-refractivity contribution in [3.8, 4) is 0 Å². The molecular formula is C18H22N4O7S. The van der Waals surface area contributed by atoms with E-state index in [0.717, 1.165) is 5.56 Å². The maximum atomic E-state index is 12.5. The fraction of sp³-hybridized carbons (Fsp3) is 0.500. The van der Waals surface area contributed by atoms with Crippen LogP contribution in [0.25, 0.3) is 0 Å². The van der Waals surface area contributed by atoms with Gasteiger partial charge in [-0.3, -0.25) is 8.98 Å². The van der Waals surface area contributed by atoms with Gasteiger partial charge in [0.05, 0.1) is 11.5 Å². The highest BCUT2D eigenvalue weighted by Crippen LogP contribution is 2.43. The van der Waals surface area contributed by atoms with Crippen LogP contribution in [0.4, 0.5) is 0 Å². The van der Waals surface area contributed by atoms with Gasteiger partial charge < -0.3 is 19.9 Å². The van der Waals surface area contributed by atoms with Crippen LogP contribution in [0.1, 0.15) is 36.3 Å². The summed E-state index contributed by atoms with van der Waals surface area (Å²) in [5.41, 5.74) is 6.13. The van der Waals surface area contributed by atoms with Crippen LogP contribution >= 0.6 is 0 Å². The molecule has 162 valence electrons. The minimum atomic E-state index is -3.98. The van der Waals surface area contributed by atoms with Crippen molar-refractivity contribution in [1.82, 2.24) is 14.8 Å².